The summed E-state index contributed by atoms with van der Waals surface area (Å²) in [5.74, 6) is -0.125. The van der Waals surface area contributed by atoms with Gasteiger partial charge in [-0.15, -0.1) is 0 Å². The van der Waals surface area contributed by atoms with Crippen molar-refractivity contribution in [2.75, 3.05) is 0 Å². The lowest BCUT2D eigenvalue weighted by Crippen LogP contribution is -2.02. The van der Waals surface area contributed by atoms with E-state index in [0.29, 0.717) is 17.9 Å². The van der Waals surface area contributed by atoms with E-state index in [-0.39, 0.29) is 17.1 Å². The first-order valence-electron chi connectivity index (χ1n) is 7.90. The van der Waals surface area contributed by atoms with Crippen LogP contribution in [-0.2, 0) is 6.42 Å². The van der Waals surface area contributed by atoms with E-state index in [4.69, 9.17) is 9.52 Å². The van der Waals surface area contributed by atoms with Crippen LogP contribution < -0.4 is 0 Å². The van der Waals surface area contributed by atoms with Crippen LogP contribution in [0.25, 0.3) is 6.08 Å². The molecule has 2 N–H and O–H groups in total. The first-order chi connectivity index (χ1) is 12.5. The summed E-state index contributed by atoms with van der Waals surface area (Å²) in [4.78, 5) is 14.9. The Morgan fingerprint density at radius 2 is 1.96 bits per heavy atom. The van der Waals surface area contributed by atoms with Gasteiger partial charge in [0.15, 0.2) is 0 Å². The summed E-state index contributed by atoms with van der Waals surface area (Å²) >= 11 is 0. The van der Waals surface area contributed by atoms with E-state index in [9.17, 15) is 14.3 Å². The van der Waals surface area contributed by atoms with Crippen LogP contribution in [0.2, 0.25) is 0 Å². The quantitative estimate of drug-likeness (QED) is 0.703. The molecule has 0 bridgehead atoms. The number of carboxylic acids is 1. The Balaban J connectivity index is 1.67. The van der Waals surface area contributed by atoms with Gasteiger partial charge in [-0.2, -0.15) is 0 Å². The average Bonchev–Trinajstić information content (AvgIpc) is 3.09. The highest BCUT2D eigenvalue weighted by atomic mass is 19.1. The fourth-order valence-electron chi connectivity index (χ4n) is 2.41. The highest BCUT2D eigenvalue weighted by Gasteiger charge is 2.10. The van der Waals surface area contributed by atoms with Crippen LogP contribution in [-0.4, -0.2) is 21.2 Å². The van der Waals surface area contributed by atoms with E-state index in [0.717, 1.165) is 5.56 Å². The van der Waals surface area contributed by atoms with Crippen molar-refractivity contribution in [1.82, 2.24) is 4.98 Å². The number of hydrogen-bond donors (Lipinski definition) is 2. The summed E-state index contributed by atoms with van der Waals surface area (Å²) in [6.07, 6.45) is 3.87. The number of aliphatic hydroxyl groups excluding tert-OH is 1. The van der Waals surface area contributed by atoms with Crippen molar-refractivity contribution in [3.63, 3.8) is 0 Å². The Morgan fingerprint density at radius 3 is 2.69 bits per heavy atom. The molecule has 1 aromatic carbocycles. The van der Waals surface area contributed by atoms with Gasteiger partial charge in [0.2, 0.25) is 0 Å². The van der Waals surface area contributed by atoms with Crippen molar-refractivity contribution >= 4 is 12.0 Å². The molecular formula is C20H16FNO4. The van der Waals surface area contributed by atoms with Crippen molar-refractivity contribution in [3.05, 3.63) is 95.0 Å². The Kier molecular flexibility index (Phi) is 5.24. The topological polar surface area (TPSA) is 83.6 Å². The lowest BCUT2D eigenvalue weighted by molar-refractivity contribution is 0.0696. The number of aromatic carboxylic acids is 1. The minimum absolute atomic E-state index is 0.0574. The summed E-state index contributed by atoms with van der Waals surface area (Å²) in [5.41, 5.74) is 1.22. The third-order valence-electron chi connectivity index (χ3n) is 3.75. The molecular weight excluding hydrogens is 337 g/mol. The largest absolute Gasteiger partial charge is 0.478 e. The Hall–Kier alpha value is -3.25. The molecule has 0 aliphatic heterocycles. The first-order valence-corrected chi connectivity index (χ1v) is 7.90. The van der Waals surface area contributed by atoms with E-state index in [1.165, 1.54) is 36.5 Å². The normalized spacial score (nSPS) is 12.4. The molecule has 0 aliphatic carbocycles. The number of aromatic nitrogens is 1. The summed E-state index contributed by atoms with van der Waals surface area (Å²) in [6, 6.07) is 12.4. The smallest absolute Gasteiger partial charge is 0.335 e. The van der Waals surface area contributed by atoms with Gasteiger partial charge in [-0.25, -0.2) is 9.18 Å². The van der Waals surface area contributed by atoms with Crippen molar-refractivity contribution in [3.8, 4) is 0 Å². The van der Waals surface area contributed by atoms with Crippen molar-refractivity contribution in [1.29, 1.82) is 0 Å². The SMILES string of the molecule is O=C(O)c1ccnc(C(O)C=Cc2ccc(Cc3ccc(F)cc3)o2)c1. The van der Waals surface area contributed by atoms with Crippen LogP contribution in [0.4, 0.5) is 4.39 Å². The number of furan rings is 1. The molecule has 6 heteroatoms. The number of halogens is 1. The predicted octanol–water partition coefficient (Wildman–Crippen LogP) is 3.85. The van der Waals surface area contributed by atoms with Gasteiger partial charge in [0, 0.05) is 12.6 Å². The van der Waals surface area contributed by atoms with Crippen LogP contribution >= 0.6 is 0 Å². The standard InChI is InChI=1S/C20H16FNO4/c21-15-3-1-13(2-4-15)11-17-6-5-16(26-17)7-8-19(23)18-12-14(20(24)25)9-10-22-18/h1-10,12,19,23H,11H2,(H,24,25). The number of aliphatic hydroxyl groups is 1. The van der Waals surface area contributed by atoms with E-state index in [1.54, 1.807) is 30.3 Å². The number of carbonyl (C=O) groups is 1. The molecule has 0 fully saturated rings. The molecule has 1 unspecified atom stereocenters. The average molecular weight is 353 g/mol. The molecule has 2 heterocycles. The second-order valence-corrected chi connectivity index (χ2v) is 5.69. The summed E-state index contributed by atoms with van der Waals surface area (Å²) in [5, 5.41) is 19.1. The van der Waals surface area contributed by atoms with E-state index >= 15 is 0 Å². The fourth-order valence-corrected chi connectivity index (χ4v) is 2.41. The number of pyridine rings is 1. The van der Waals surface area contributed by atoms with E-state index in [2.05, 4.69) is 4.98 Å². The number of benzene rings is 1. The number of rotatable bonds is 6. The first kappa shape index (κ1) is 17.6. The molecule has 0 saturated heterocycles. The van der Waals surface area contributed by atoms with Gasteiger partial charge in [0.25, 0.3) is 0 Å². The maximum atomic E-state index is 12.9. The summed E-state index contributed by atoms with van der Waals surface area (Å²) < 4.78 is 18.6. The van der Waals surface area contributed by atoms with Gasteiger partial charge >= 0.3 is 5.97 Å². The van der Waals surface area contributed by atoms with Crippen LogP contribution in [0.3, 0.4) is 0 Å². The van der Waals surface area contributed by atoms with Gasteiger partial charge in [-0.1, -0.05) is 12.1 Å². The lowest BCUT2D eigenvalue weighted by atomic mass is 10.1. The molecule has 26 heavy (non-hydrogen) atoms. The molecule has 3 aromatic rings. The summed E-state index contributed by atoms with van der Waals surface area (Å²) in [6.45, 7) is 0. The lowest BCUT2D eigenvalue weighted by Gasteiger charge is -2.05. The molecule has 0 aliphatic rings. The van der Waals surface area contributed by atoms with Gasteiger partial charge in [-0.3, -0.25) is 4.98 Å². The zero-order chi connectivity index (χ0) is 18.5. The monoisotopic (exact) mass is 353 g/mol. The molecule has 0 spiro atoms. The molecule has 3 rings (SSSR count). The van der Waals surface area contributed by atoms with E-state index in [1.807, 2.05) is 0 Å². The number of carboxylic acid groups (broad SMARTS) is 1. The van der Waals surface area contributed by atoms with Gasteiger partial charge in [0.05, 0.1) is 11.3 Å². The maximum absolute atomic E-state index is 12.9. The van der Waals surface area contributed by atoms with Crippen LogP contribution in [0.15, 0.2) is 65.2 Å². The van der Waals surface area contributed by atoms with Gasteiger partial charge in [0.1, 0.15) is 23.4 Å². The third kappa shape index (κ3) is 4.43. The highest BCUT2D eigenvalue weighted by molar-refractivity contribution is 5.87. The molecule has 0 saturated carbocycles. The molecule has 132 valence electrons. The van der Waals surface area contributed by atoms with Crippen LogP contribution in [0.5, 0.6) is 0 Å². The van der Waals surface area contributed by atoms with Gasteiger partial charge < -0.3 is 14.6 Å². The van der Waals surface area contributed by atoms with Gasteiger partial charge in [-0.05, 0) is 54.1 Å². The Labute approximate surface area is 149 Å². The minimum atomic E-state index is -1.08. The zero-order valence-corrected chi connectivity index (χ0v) is 13.7. The molecule has 1 atom stereocenters. The second-order valence-electron chi connectivity index (χ2n) is 5.69. The number of hydrogen-bond acceptors (Lipinski definition) is 4. The van der Waals surface area contributed by atoms with Crippen molar-refractivity contribution in [2.24, 2.45) is 0 Å². The second kappa shape index (κ2) is 7.76. The van der Waals surface area contributed by atoms with Crippen LogP contribution in [0, 0.1) is 5.82 Å². The number of nitrogens with zero attached hydrogens (tertiary/aromatic N) is 1. The predicted molar refractivity (Wildman–Crippen MR) is 93.1 cm³/mol. The third-order valence-corrected chi connectivity index (χ3v) is 3.75. The summed E-state index contributed by atoms with van der Waals surface area (Å²) in [7, 11) is 0. The maximum Gasteiger partial charge on any atom is 0.335 e. The molecule has 5 nitrogen and oxygen atoms in total. The Morgan fingerprint density at radius 1 is 1.19 bits per heavy atom. The Bertz CT molecular complexity index is 931. The molecule has 0 amide bonds. The van der Waals surface area contributed by atoms with Crippen molar-refractivity contribution in [2.45, 2.75) is 12.5 Å². The fraction of sp³-hybridized carbons (Fsp3) is 0.100. The highest BCUT2D eigenvalue weighted by Crippen LogP contribution is 2.18. The molecule has 0 radical (unpaired) electrons. The minimum Gasteiger partial charge on any atom is -0.478 e. The van der Waals surface area contributed by atoms with E-state index < -0.39 is 12.1 Å². The van der Waals surface area contributed by atoms with Crippen LogP contribution in [0.1, 0.15) is 39.2 Å². The molecule has 2 aromatic heterocycles. The zero-order valence-electron chi connectivity index (χ0n) is 13.7. The van der Waals surface area contributed by atoms with Crippen molar-refractivity contribution < 1.29 is 23.8 Å².